The summed E-state index contributed by atoms with van der Waals surface area (Å²) >= 11 is 0. The van der Waals surface area contributed by atoms with Crippen LogP contribution in [0.4, 0.5) is 4.39 Å². The van der Waals surface area contributed by atoms with Crippen LogP contribution < -0.4 is 10.5 Å². The second kappa shape index (κ2) is 7.35. The molecule has 120 valence electrons. The van der Waals surface area contributed by atoms with Crippen molar-refractivity contribution in [2.75, 3.05) is 20.2 Å². The fraction of sp³-hybridized carbons (Fsp3) is 0.500. The van der Waals surface area contributed by atoms with Crippen molar-refractivity contribution in [1.29, 1.82) is 0 Å². The number of amides is 1. The topological polar surface area (TPSA) is 72.6 Å². The van der Waals surface area contributed by atoms with Crippen molar-refractivity contribution in [2.45, 2.75) is 31.7 Å². The van der Waals surface area contributed by atoms with Gasteiger partial charge in [-0.2, -0.15) is 0 Å². The third kappa shape index (κ3) is 3.62. The standard InChI is InChI=1S/C16H21FN2O3/c1-22-15-6-4-11(9-13(15)17)14(20)5-7-16(21)19-8-2-3-12(19)10-18/h4,6,9,12H,2-3,5,7-8,10,18H2,1H3. The van der Waals surface area contributed by atoms with Crippen molar-refractivity contribution < 1.29 is 18.7 Å². The van der Waals surface area contributed by atoms with Crippen LogP contribution in [0.2, 0.25) is 0 Å². The smallest absolute Gasteiger partial charge is 0.223 e. The van der Waals surface area contributed by atoms with E-state index in [1.54, 1.807) is 4.90 Å². The highest BCUT2D eigenvalue weighted by molar-refractivity contribution is 5.98. The summed E-state index contributed by atoms with van der Waals surface area (Å²) in [6.07, 6.45) is 2.06. The first kappa shape index (κ1) is 16.4. The Morgan fingerprint density at radius 2 is 2.18 bits per heavy atom. The van der Waals surface area contributed by atoms with Crippen LogP contribution in [0, 0.1) is 5.82 Å². The average molecular weight is 308 g/mol. The Morgan fingerprint density at radius 1 is 1.41 bits per heavy atom. The number of carbonyl (C=O) groups excluding carboxylic acids is 2. The minimum Gasteiger partial charge on any atom is -0.494 e. The molecule has 1 heterocycles. The number of benzene rings is 1. The number of Topliss-reactive ketones (excluding diaryl/α,β-unsaturated/α-hetero) is 1. The van der Waals surface area contributed by atoms with Crippen LogP contribution in [0.25, 0.3) is 0 Å². The first-order valence-corrected chi connectivity index (χ1v) is 7.43. The van der Waals surface area contributed by atoms with Gasteiger partial charge in [0.1, 0.15) is 0 Å². The van der Waals surface area contributed by atoms with Gasteiger partial charge in [-0.05, 0) is 31.0 Å². The Hall–Kier alpha value is -1.95. The predicted molar refractivity (Wildman–Crippen MR) is 80.3 cm³/mol. The molecule has 0 radical (unpaired) electrons. The van der Waals surface area contributed by atoms with Gasteiger partial charge in [-0.1, -0.05) is 0 Å². The van der Waals surface area contributed by atoms with E-state index in [0.717, 1.165) is 18.9 Å². The Bertz CT molecular complexity index is 562. The van der Waals surface area contributed by atoms with E-state index in [0.29, 0.717) is 13.1 Å². The molecule has 1 aliphatic rings. The first-order chi connectivity index (χ1) is 10.6. The van der Waals surface area contributed by atoms with Gasteiger partial charge in [0, 0.05) is 37.5 Å². The van der Waals surface area contributed by atoms with Crippen LogP contribution in [0.5, 0.6) is 5.75 Å². The van der Waals surface area contributed by atoms with Crippen molar-refractivity contribution in [3.8, 4) is 5.75 Å². The molecule has 22 heavy (non-hydrogen) atoms. The molecule has 1 aromatic carbocycles. The Balaban J connectivity index is 1.92. The second-order valence-electron chi connectivity index (χ2n) is 5.39. The zero-order valence-electron chi connectivity index (χ0n) is 12.7. The summed E-state index contributed by atoms with van der Waals surface area (Å²) in [7, 11) is 1.36. The zero-order chi connectivity index (χ0) is 16.1. The number of nitrogens with zero attached hydrogens (tertiary/aromatic N) is 1. The Morgan fingerprint density at radius 3 is 2.82 bits per heavy atom. The molecule has 2 rings (SSSR count). The fourth-order valence-corrected chi connectivity index (χ4v) is 2.76. The number of carbonyl (C=O) groups is 2. The Kier molecular flexibility index (Phi) is 5.49. The van der Waals surface area contributed by atoms with Gasteiger partial charge in [0.25, 0.3) is 0 Å². The van der Waals surface area contributed by atoms with Gasteiger partial charge in [0.2, 0.25) is 5.91 Å². The summed E-state index contributed by atoms with van der Waals surface area (Å²) in [6, 6.07) is 4.15. The highest BCUT2D eigenvalue weighted by atomic mass is 19.1. The van der Waals surface area contributed by atoms with E-state index in [9.17, 15) is 14.0 Å². The maximum atomic E-state index is 13.6. The fourth-order valence-electron chi connectivity index (χ4n) is 2.76. The van der Waals surface area contributed by atoms with Gasteiger partial charge < -0.3 is 15.4 Å². The van der Waals surface area contributed by atoms with E-state index in [1.165, 1.54) is 19.2 Å². The number of ether oxygens (including phenoxy) is 1. The number of methoxy groups -OCH3 is 1. The number of halogens is 1. The minimum atomic E-state index is -0.581. The monoisotopic (exact) mass is 308 g/mol. The average Bonchev–Trinajstić information content (AvgIpc) is 3.00. The number of likely N-dealkylation sites (tertiary alicyclic amines) is 1. The quantitative estimate of drug-likeness (QED) is 0.813. The SMILES string of the molecule is COc1ccc(C(=O)CCC(=O)N2CCCC2CN)cc1F. The number of nitrogens with two attached hydrogens (primary N) is 1. The van der Waals surface area contributed by atoms with Gasteiger partial charge in [0.05, 0.1) is 7.11 Å². The van der Waals surface area contributed by atoms with Gasteiger partial charge in [-0.3, -0.25) is 9.59 Å². The largest absolute Gasteiger partial charge is 0.494 e. The van der Waals surface area contributed by atoms with E-state index in [4.69, 9.17) is 10.5 Å². The van der Waals surface area contributed by atoms with Crippen molar-refractivity contribution in [1.82, 2.24) is 4.90 Å². The Labute approximate surface area is 129 Å². The maximum absolute atomic E-state index is 13.6. The molecular formula is C16H21FN2O3. The summed E-state index contributed by atoms with van der Waals surface area (Å²) in [5.74, 6) is -0.799. The molecule has 0 aliphatic carbocycles. The molecule has 1 saturated heterocycles. The summed E-state index contributed by atoms with van der Waals surface area (Å²) in [5, 5.41) is 0. The first-order valence-electron chi connectivity index (χ1n) is 7.43. The van der Waals surface area contributed by atoms with E-state index in [-0.39, 0.29) is 41.9 Å². The van der Waals surface area contributed by atoms with Crippen molar-refractivity contribution in [2.24, 2.45) is 5.73 Å². The maximum Gasteiger partial charge on any atom is 0.223 e. The molecule has 2 N–H and O–H groups in total. The normalized spacial score (nSPS) is 17.6. The lowest BCUT2D eigenvalue weighted by atomic mass is 10.1. The van der Waals surface area contributed by atoms with Gasteiger partial charge in [-0.25, -0.2) is 4.39 Å². The minimum absolute atomic E-state index is 0.0599. The van der Waals surface area contributed by atoms with E-state index >= 15 is 0 Å². The zero-order valence-corrected chi connectivity index (χ0v) is 12.7. The van der Waals surface area contributed by atoms with Crippen molar-refractivity contribution in [3.63, 3.8) is 0 Å². The predicted octanol–water partition coefficient (Wildman–Crippen LogP) is 1.75. The number of hydrogen-bond donors (Lipinski definition) is 1. The summed E-state index contributed by atoms with van der Waals surface area (Å²) in [4.78, 5) is 26.0. The van der Waals surface area contributed by atoms with Crippen LogP contribution in [0.1, 0.15) is 36.0 Å². The summed E-state index contributed by atoms with van der Waals surface area (Å²) in [5.41, 5.74) is 5.89. The molecule has 1 aliphatic heterocycles. The molecule has 0 bridgehead atoms. The number of hydrogen-bond acceptors (Lipinski definition) is 4. The lowest BCUT2D eigenvalue weighted by molar-refractivity contribution is -0.131. The number of ketones is 1. The number of rotatable bonds is 6. The highest BCUT2D eigenvalue weighted by Gasteiger charge is 2.27. The van der Waals surface area contributed by atoms with E-state index in [1.807, 2.05) is 0 Å². The lowest BCUT2D eigenvalue weighted by Crippen LogP contribution is -2.39. The molecule has 5 nitrogen and oxygen atoms in total. The van der Waals surface area contributed by atoms with Crippen LogP contribution >= 0.6 is 0 Å². The third-order valence-corrected chi connectivity index (χ3v) is 4.01. The molecule has 0 aromatic heterocycles. The van der Waals surface area contributed by atoms with Gasteiger partial charge >= 0.3 is 0 Å². The lowest BCUT2D eigenvalue weighted by Gasteiger charge is -2.23. The molecule has 6 heteroatoms. The van der Waals surface area contributed by atoms with Gasteiger partial charge in [-0.15, -0.1) is 0 Å². The molecule has 1 aromatic rings. The van der Waals surface area contributed by atoms with Crippen LogP contribution in [0.3, 0.4) is 0 Å². The van der Waals surface area contributed by atoms with Crippen LogP contribution in [0.15, 0.2) is 18.2 Å². The molecule has 1 fully saturated rings. The second-order valence-corrected chi connectivity index (χ2v) is 5.39. The van der Waals surface area contributed by atoms with E-state index in [2.05, 4.69) is 0 Å². The third-order valence-electron chi connectivity index (χ3n) is 4.01. The molecule has 1 atom stereocenters. The van der Waals surface area contributed by atoms with E-state index < -0.39 is 5.82 Å². The summed E-state index contributed by atoms with van der Waals surface area (Å²) in [6.45, 7) is 1.15. The molecule has 1 amide bonds. The molecule has 1 unspecified atom stereocenters. The van der Waals surface area contributed by atoms with Crippen molar-refractivity contribution in [3.05, 3.63) is 29.6 Å². The molecule has 0 spiro atoms. The molecular weight excluding hydrogens is 287 g/mol. The highest BCUT2D eigenvalue weighted by Crippen LogP contribution is 2.20. The van der Waals surface area contributed by atoms with Crippen molar-refractivity contribution >= 4 is 11.7 Å². The van der Waals surface area contributed by atoms with Crippen LogP contribution in [-0.2, 0) is 4.79 Å². The van der Waals surface area contributed by atoms with Crippen LogP contribution in [-0.4, -0.2) is 42.8 Å². The summed E-state index contributed by atoms with van der Waals surface area (Å²) < 4.78 is 18.4. The van der Waals surface area contributed by atoms with Gasteiger partial charge in [0.15, 0.2) is 17.3 Å². The molecule has 0 saturated carbocycles.